The minimum atomic E-state index is -0.355. The zero-order chi connectivity index (χ0) is 14.8. The SMILES string of the molecule is CC(CCO)CNC(=O)NCCOc1cccc(F)c1. The van der Waals surface area contributed by atoms with Crippen LogP contribution >= 0.6 is 0 Å². The third-order valence-corrected chi connectivity index (χ3v) is 2.69. The number of nitrogens with one attached hydrogen (secondary N) is 2. The van der Waals surface area contributed by atoms with Gasteiger partial charge in [0.1, 0.15) is 18.2 Å². The number of urea groups is 1. The Bertz CT molecular complexity index is 415. The third kappa shape index (κ3) is 6.94. The van der Waals surface area contributed by atoms with Crippen LogP contribution in [0.2, 0.25) is 0 Å². The van der Waals surface area contributed by atoms with E-state index in [1.807, 2.05) is 6.92 Å². The summed E-state index contributed by atoms with van der Waals surface area (Å²) in [5, 5.41) is 14.1. The maximum atomic E-state index is 12.9. The first-order chi connectivity index (χ1) is 9.61. The summed E-state index contributed by atoms with van der Waals surface area (Å²) in [6.07, 6.45) is 0.656. The van der Waals surface area contributed by atoms with Gasteiger partial charge in [0.05, 0.1) is 6.54 Å². The highest BCUT2D eigenvalue weighted by molar-refractivity contribution is 5.73. The minimum Gasteiger partial charge on any atom is -0.492 e. The van der Waals surface area contributed by atoms with Gasteiger partial charge in [0.15, 0.2) is 0 Å². The van der Waals surface area contributed by atoms with Crippen molar-refractivity contribution in [2.24, 2.45) is 5.92 Å². The monoisotopic (exact) mass is 284 g/mol. The van der Waals surface area contributed by atoms with Gasteiger partial charge in [-0.15, -0.1) is 0 Å². The Kier molecular flexibility index (Phi) is 7.42. The summed E-state index contributed by atoms with van der Waals surface area (Å²) >= 11 is 0. The Balaban J connectivity index is 2.10. The molecule has 112 valence electrons. The van der Waals surface area contributed by atoms with Crippen molar-refractivity contribution >= 4 is 6.03 Å². The number of amides is 2. The van der Waals surface area contributed by atoms with Gasteiger partial charge in [0.25, 0.3) is 0 Å². The molecule has 0 heterocycles. The molecule has 0 saturated carbocycles. The van der Waals surface area contributed by atoms with Crippen molar-refractivity contribution in [2.45, 2.75) is 13.3 Å². The second kappa shape index (κ2) is 9.14. The number of aliphatic hydroxyl groups is 1. The molecule has 0 aliphatic carbocycles. The molecule has 0 bridgehead atoms. The normalized spacial score (nSPS) is 11.8. The number of benzene rings is 1. The quantitative estimate of drug-likeness (QED) is 0.634. The van der Waals surface area contributed by atoms with E-state index in [1.165, 1.54) is 12.1 Å². The van der Waals surface area contributed by atoms with E-state index in [4.69, 9.17) is 9.84 Å². The predicted molar refractivity (Wildman–Crippen MR) is 74.2 cm³/mol. The molecule has 1 aromatic rings. The summed E-state index contributed by atoms with van der Waals surface area (Å²) in [4.78, 5) is 11.4. The summed E-state index contributed by atoms with van der Waals surface area (Å²) in [6, 6.07) is 5.56. The lowest BCUT2D eigenvalue weighted by atomic mass is 10.1. The molecule has 5 nitrogen and oxygen atoms in total. The zero-order valence-corrected chi connectivity index (χ0v) is 11.6. The van der Waals surface area contributed by atoms with E-state index in [0.29, 0.717) is 25.3 Å². The van der Waals surface area contributed by atoms with Crippen molar-refractivity contribution in [1.82, 2.24) is 10.6 Å². The molecule has 1 aromatic carbocycles. The molecule has 0 aromatic heterocycles. The molecule has 0 saturated heterocycles. The van der Waals surface area contributed by atoms with Gasteiger partial charge in [-0.05, 0) is 24.5 Å². The lowest BCUT2D eigenvalue weighted by Crippen LogP contribution is -2.39. The predicted octanol–water partition coefficient (Wildman–Crippen LogP) is 1.52. The lowest BCUT2D eigenvalue weighted by molar-refractivity contribution is 0.230. The van der Waals surface area contributed by atoms with Crippen LogP contribution in [-0.4, -0.2) is 37.4 Å². The first-order valence-electron chi connectivity index (χ1n) is 6.62. The van der Waals surface area contributed by atoms with Gasteiger partial charge in [-0.1, -0.05) is 13.0 Å². The highest BCUT2D eigenvalue weighted by Gasteiger charge is 2.04. The first-order valence-corrected chi connectivity index (χ1v) is 6.62. The highest BCUT2D eigenvalue weighted by Crippen LogP contribution is 2.11. The number of hydrogen-bond acceptors (Lipinski definition) is 3. The van der Waals surface area contributed by atoms with Crippen LogP contribution in [0.1, 0.15) is 13.3 Å². The van der Waals surface area contributed by atoms with Crippen LogP contribution in [-0.2, 0) is 0 Å². The van der Waals surface area contributed by atoms with Crippen molar-refractivity contribution in [3.63, 3.8) is 0 Å². The van der Waals surface area contributed by atoms with Crippen LogP contribution in [0, 0.1) is 11.7 Å². The first kappa shape index (κ1) is 16.2. The number of hydrogen-bond donors (Lipinski definition) is 3. The fourth-order valence-corrected chi connectivity index (χ4v) is 1.54. The van der Waals surface area contributed by atoms with Crippen molar-refractivity contribution in [3.05, 3.63) is 30.1 Å². The Labute approximate surface area is 118 Å². The Hall–Kier alpha value is -1.82. The van der Waals surface area contributed by atoms with Gasteiger partial charge in [0.2, 0.25) is 0 Å². The fourth-order valence-electron chi connectivity index (χ4n) is 1.54. The maximum absolute atomic E-state index is 12.9. The van der Waals surface area contributed by atoms with Crippen LogP contribution in [0.25, 0.3) is 0 Å². The summed E-state index contributed by atoms with van der Waals surface area (Å²) in [7, 11) is 0. The Morgan fingerprint density at radius 1 is 1.45 bits per heavy atom. The van der Waals surface area contributed by atoms with Crippen LogP contribution < -0.4 is 15.4 Å². The number of carbonyl (C=O) groups excluding carboxylic acids is 1. The summed E-state index contributed by atoms with van der Waals surface area (Å²) < 4.78 is 18.2. The average molecular weight is 284 g/mol. The molecular formula is C14H21FN2O3. The van der Waals surface area contributed by atoms with E-state index < -0.39 is 0 Å². The van der Waals surface area contributed by atoms with Crippen LogP contribution in [0.4, 0.5) is 9.18 Å². The number of aliphatic hydroxyl groups excluding tert-OH is 1. The van der Waals surface area contributed by atoms with E-state index in [-0.39, 0.29) is 31.0 Å². The van der Waals surface area contributed by atoms with Crippen LogP contribution in [0.3, 0.4) is 0 Å². The second-order valence-corrected chi connectivity index (χ2v) is 4.56. The van der Waals surface area contributed by atoms with E-state index in [9.17, 15) is 9.18 Å². The molecule has 6 heteroatoms. The highest BCUT2D eigenvalue weighted by atomic mass is 19.1. The average Bonchev–Trinajstić information content (AvgIpc) is 2.42. The molecule has 3 N–H and O–H groups in total. The number of ether oxygens (including phenoxy) is 1. The molecule has 0 radical (unpaired) electrons. The van der Waals surface area contributed by atoms with Crippen molar-refractivity contribution in [2.75, 3.05) is 26.3 Å². The van der Waals surface area contributed by atoms with Crippen molar-refractivity contribution < 1.29 is 19.0 Å². The molecule has 0 spiro atoms. The fraction of sp³-hybridized carbons (Fsp3) is 0.500. The second-order valence-electron chi connectivity index (χ2n) is 4.56. The number of halogens is 1. The van der Waals surface area contributed by atoms with Crippen LogP contribution in [0.5, 0.6) is 5.75 Å². The van der Waals surface area contributed by atoms with Gasteiger partial charge in [0, 0.05) is 19.2 Å². The van der Waals surface area contributed by atoms with E-state index in [2.05, 4.69) is 10.6 Å². The van der Waals surface area contributed by atoms with Gasteiger partial charge in [-0.3, -0.25) is 0 Å². The van der Waals surface area contributed by atoms with E-state index in [1.54, 1.807) is 12.1 Å². The Morgan fingerprint density at radius 2 is 2.25 bits per heavy atom. The Morgan fingerprint density at radius 3 is 2.95 bits per heavy atom. The molecule has 2 amide bonds. The molecule has 0 fully saturated rings. The zero-order valence-electron chi connectivity index (χ0n) is 11.6. The molecule has 1 unspecified atom stereocenters. The third-order valence-electron chi connectivity index (χ3n) is 2.69. The number of rotatable bonds is 8. The molecule has 20 heavy (non-hydrogen) atoms. The molecule has 1 atom stereocenters. The summed E-state index contributed by atoms with van der Waals surface area (Å²) in [5.41, 5.74) is 0. The molecule has 1 rings (SSSR count). The smallest absolute Gasteiger partial charge is 0.314 e. The minimum absolute atomic E-state index is 0.117. The van der Waals surface area contributed by atoms with Crippen molar-refractivity contribution in [3.8, 4) is 5.75 Å². The molecule has 0 aliphatic heterocycles. The largest absolute Gasteiger partial charge is 0.492 e. The summed E-state index contributed by atoms with van der Waals surface area (Å²) in [6.45, 7) is 3.17. The van der Waals surface area contributed by atoms with E-state index in [0.717, 1.165) is 0 Å². The summed E-state index contributed by atoms with van der Waals surface area (Å²) in [5.74, 6) is 0.309. The molecular weight excluding hydrogens is 263 g/mol. The van der Waals surface area contributed by atoms with E-state index >= 15 is 0 Å². The standard InChI is InChI=1S/C14H21FN2O3/c1-11(5-7-18)10-17-14(19)16-6-8-20-13-4-2-3-12(15)9-13/h2-4,9,11,18H,5-8,10H2,1H3,(H2,16,17,19). The van der Waals surface area contributed by atoms with Gasteiger partial charge >= 0.3 is 6.03 Å². The molecule has 0 aliphatic rings. The number of carbonyl (C=O) groups is 1. The van der Waals surface area contributed by atoms with Gasteiger partial charge in [-0.25, -0.2) is 9.18 Å². The van der Waals surface area contributed by atoms with Gasteiger partial charge < -0.3 is 20.5 Å². The van der Waals surface area contributed by atoms with Crippen LogP contribution in [0.15, 0.2) is 24.3 Å². The van der Waals surface area contributed by atoms with Gasteiger partial charge in [-0.2, -0.15) is 0 Å². The lowest BCUT2D eigenvalue weighted by Gasteiger charge is -2.12. The topological polar surface area (TPSA) is 70.6 Å². The maximum Gasteiger partial charge on any atom is 0.314 e. The van der Waals surface area contributed by atoms with Crippen molar-refractivity contribution in [1.29, 1.82) is 0 Å².